The summed E-state index contributed by atoms with van der Waals surface area (Å²) in [7, 11) is -3.90. The van der Waals surface area contributed by atoms with E-state index in [0.29, 0.717) is 17.8 Å². The molecule has 1 saturated heterocycles. The fourth-order valence-electron chi connectivity index (χ4n) is 4.19. The minimum Gasteiger partial charge on any atom is -0.463 e. The molecule has 0 spiro atoms. The predicted molar refractivity (Wildman–Crippen MR) is 114 cm³/mol. The summed E-state index contributed by atoms with van der Waals surface area (Å²) in [5.74, 6) is -1.67. The number of carbonyl (C=O) groups is 1. The highest BCUT2D eigenvalue weighted by Crippen LogP contribution is 2.67. The van der Waals surface area contributed by atoms with Crippen molar-refractivity contribution in [2.24, 2.45) is 0 Å². The van der Waals surface area contributed by atoms with Crippen LogP contribution in [0.25, 0.3) is 0 Å². The van der Waals surface area contributed by atoms with E-state index in [-0.39, 0.29) is 41.0 Å². The zero-order chi connectivity index (χ0) is 22.9. The normalized spacial score (nSPS) is 28.9. The van der Waals surface area contributed by atoms with Crippen LogP contribution in [-0.2, 0) is 23.1 Å². The van der Waals surface area contributed by atoms with Crippen LogP contribution < -0.4 is 5.32 Å². The number of nitro groups is 1. The highest BCUT2D eigenvalue weighted by Gasteiger charge is 2.49. The van der Waals surface area contributed by atoms with Crippen molar-refractivity contribution in [1.29, 1.82) is 0 Å². The van der Waals surface area contributed by atoms with Gasteiger partial charge in [0.2, 0.25) is 0 Å². The molecule has 31 heavy (non-hydrogen) atoms. The number of allylic oxidation sites excluding steroid dienone is 3. The lowest BCUT2D eigenvalue weighted by atomic mass is 9.85. The maximum Gasteiger partial charge on any atom is 0.360 e. The van der Waals surface area contributed by atoms with Gasteiger partial charge in [0, 0.05) is 29.4 Å². The van der Waals surface area contributed by atoms with Gasteiger partial charge in [-0.05, 0) is 34.6 Å². The molecule has 3 rings (SSSR count). The standard InChI is InChI=1S/C21H27N2O7P/c1-6-28-21(24)18-14(4)22-15(5)20(31(27)29-12(2)11-13(3)30-31)19(18)16-9-7-8-10-17(16)23(25)26/h7-10,12-13,19,22H,6,11H2,1-5H3. The Morgan fingerprint density at radius 2 is 1.84 bits per heavy atom. The van der Waals surface area contributed by atoms with E-state index in [0.717, 1.165) is 0 Å². The number of nitrogens with one attached hydrogen (secondary N) is 1. The average Bonchev–Trinajstić information content (AvgIpc) is 2.66. The number of rotatable bonds is 5. The van der Waals surface area contributed by atoms with Crippen LogP contribution in [0, 0.1) is 10.1 Å². The fraction of sp³-hybridized carbons (Fsp3) is 0.476. The lowest BCUT2D eigenvalue weighted by molar-refractivity contribution is -0.385. The largest absolute Gasteiger partial charge is 0.463 e. The van der Waals surface area contributed by atoms with Crippen LogP contribution in [0.15, 0.2) is 46.5 Å². The minimum atomic E-state index is -3.90. The molecule has 0 saturated carbocycles. The number of ether oxygens (including phenoxy) is 1. The molecule has 1 fully saturated rings. The molecule has 0 aliphatic carbocycles. The number of dihydropyridines is 1. The molecule has 1 N–H and O–H groups in total. The molecule has 9 nitrogen and oxygen atoms in total. The fourth-order valence-corrected chi connectivity index (χ4v) is 6.64. The van der Waals surface area contributed by atoms with Gasteiger partial charge in [-0.2, -0.15) is 0 Å². The number of hydrogen-bond acceptors (Lipinski definition) is 8. The summed E-state index contributed by atoms with van der Waals surface area (Å²) in [5, 5.41) is 15.1. The number of hydrogen-bond donors (Lipinski definition) is 1. The Bertz CT molecular complexity index is 1000. The predicted octanol–water partition coefficient (Wildman–Crippen LogP) is 4.76. The molecule has 1 aromatic carbocycles. The Balaban J connectivity index is 2.28. The first kappa shape index (κ1) is 23.2. The summed E-state index contributed by atoms with van der Waals surface area (Å²) in [4.78, 5) is 24.2. The van der Waals surface area contributed by atoms with Crippen LogP contribution in [0.1, 0.15) is 52.5 Å². The lowest BCUT2D eigenvalue weighted by Crippen LogP contribution is -2.32. The maximum absolute atomic E-state index is 14.0. The van der Waals surface area contributed by atoms with E-state index in [4.69, 9.17) is 13.8 Å². The first-order valence-electron chi connectivity index (χ1n) is 10.2. The van der Waals surface area contributed by atoms with E-state index in [1.54, 1.807) is 52.8 Å². The van der Waals surface area contributed by atoms with Crippen LogP contribution in [0.3, 0.4) is 0 Å². The van der Waals surface area contributed by atoms with E-state index in [2.05, 4.69) is 5.32 Å². The Labute approximate surface area is 181 Å². The van der Waals surface area contributed by atoms with E-state index >= 15 is 0 Å². The zero-order valence-corrected chi connectivity index (χ0v) is 19.1. The van der Waals surface area contributed by atoms with Gasteiger partial charge in [0.05, 0.1) is 40.5 Å². The van der Waals surface area contributed by atoms with Crippen LogP contribution in [0.4, 0.5) is 5.69 Å². The molecular weight excluding hydrogens is 423 g/mol. The Morgan fingerprint density at radius 3 is 2.42 bits per heavy atom. The van der Waals surface area contributed by atoms with Gasteiger partial charge in [-0.15, -0.1) is 0 Å². The molecule has 3 atom stereocenters. The van der Waals surface area contributed by atoms with Crippen molar-refractivity contribution in [2.75, 3.05) is 6.61 Å². The summed E-state index contributed by atoms with van der Waals surface area (Å²) < 4.78 is 30.9. The van der Waals surface area contributed by atoms with E-state index < -0.39 is 24.4 Å². The number of esters is 1. The molecule has 0 radical (unpaired) electrons. The van der Waals surface area contributed by atoms with E-state index in [1.807, 2.05) is 0 Å². The van der Waals surface area contributed by atoms with E-state index in [9.17, 15) is 19.5 Å². The molecule has 2 heterocycles. The van der Waals surface area contributed by atoms with E-state index in [1.165, 1.54) is 6.07 Å². The zero-order valence-electron chi connectivity index (χ0n) is 18.2. The SMILES string of the molecule is CCOC(=O)C1=C(C)NC(C)=C(P2(=O)OC(C)CC(C)O2)C1c1ccccc1[N+](=O)[O-]. The summed E-state index contributed by atoms with van der Waals surface area (Å²) in [6, 6.07) is 6.08. The number of carbonyl (C=O) groups excluding carboxylic acids is 1. The molecule has 2 aliphatic heterocycles. The van der Waals surface area contributed by atoms with Gasteiger partial charge in [-0.1, -0.05) is 18.2 Å². The second kappa shape index (κ2) is 8.94. The third-order valence-corrected chi connectivity index (χ3v) is 7.72. The Kier molecular flexibility index (Phi) is 6.69. The molecule has 0 aromatic heterocycles. The summed E-state index contributed by atoms with van der Waals surface area (Å²) >= 11 is 0. The Hall–Kier alpha value is -2.48. The average molecular weight is 450 g/mol. The molecule has 1 aromatic rings. The van der Waals surface area contributed by atoms with Gasteiger partial charge >= 0.3 is 13.6 Å². The van der Waals surface area contributed by atoms with Crippen molar-refractivity contribution in [2.45, 2.75) is 59.2 Å². The quantitative estimate of drug-likeness (QED) is 0.295. The molecule has 0 amide bonds. The van der Waals surface area contributed by atoms with Crippen molar-refractivity contribution >= 4 is 19.3 Å². The topological polar surface area (TPSA) is 117 Å². The van der Waals surface area contributed by atoms with Crippen LogP contribution in [-0.4, -0.2) is 29.7 Å². The molecule has 0 bridgehead atoms. The smallest absolute Gasteiger partial charge is 0.360 e. The molecule has 10 heteroatoms. The lowest BCUT2D eigenvalue weighted by Gasteiger charge is -2.39. The van der Waals surface area contributed by atoms with Gasteiger partial charge in [-0.25, -0.2) is 4.79 Å². The second-order valence-electron chi connectivity index (χ2n) is 7.71. The monoisotopic (exact) mass is 450 g/mol. The van der Waals surface area contributed by atoms with Crippen LogP contribution in [0.5, 0.6) is 0 Å². The molecule has 168 valence electrons. The number of nitrogens with zero attached hydrogens (tertiary/aromatic N) is 1. The molecule has 3 unspecified atom stereocenters. The second-order valence-corrected chi connectivity index (χ2v) is 9.61. The third kappa shape index (κ3) is 4.44. The van der Waals surface area contributed by atoms with Gasteiger partial charge in [0.15, 0.2) is 0 Å². The van der Waals surface area contributed by atoms with Crippen LogP contribution in [0.2, 0.25) is 0 Å². The van der Waals surface area contributed by atoms with Gasteiger partial charge in [-0.3, -0.25) is 14.7 Å². The van der Waals surface area contributed by atoms with Crippen molar-refractivity contribution in [1.82, 2.24) is 5.32 Å². The van der Waals surface area contributed by atoms with Gasteiger partial charge in [0.1, 0.15) is 0 Å². The third-order valence-electron chi connectivity index (χ3n) is 5.26. The summed E-state index contributed by atoms with van der Waals surface area (Å²) in [5.41, 5.74) is 1.11. The van der Waals surface area contributed by atoms with Crippen molar-refractivity contribution in [3.63, 3.8) is 0 Å². The summed E-state index contributed by atoms with van der Waals surface area (Å²) in [6.45, 7) is 8.76. The molecule has 2 aliphatic rings. The van der Waals surface area contributed by atoms with Crippen molar-refractivity contribution in [3.8, 4) is 0 Å². The highest BCUT2D eigenvalue weighted by atomic mass is 31.2. The maximum atomic E-state index is 14.0. The first-order chi connectivity index (χ1) is 14.6. The van der Waals surface area contributed by atoms with Crippen molar-refractivity contribution < 1.29 is 28.1 Å². The number of para-hydroxylation sites is 1. The van der Waals surface area contributed by atoms with Gasteiger partial charge < -0.3 is 19.1 Å². The number of nitro benzene ring substituents is 1. The molecular formula is C21H27N2O7P. The first-order valence-corrected chi connectivity index (χ1v) is 11.7. The van der Waals surface area contributed by atoms with Crippen molar-refractivity contribution in [3.05, 3.63) is 62.2 Å². The van der Waals surface area contributed by atoms with Gasteiger partial charge in [0.25, 0.3) is 5.69 Å². The Morgan fingerprint density at radius 1 is 1.23 bits per heavy atom. The number of benzene rings is 1. The minimum absolute atomic E-state index is 0.121. The van der Waals surface area contributed by atoms with Crippen LogP contribution >= 0.6 is 7.60 Å². The highest BCUT2D eigenvalue weighted by molar-refractivity contribution is 7.58. The summed E-state index contributed by atoms with van der Waals surface area (Å²) in [6.07, 6.45) is -0.141.